The Morgan fingerprint density at radius 1 is 0.941 bits per heavy atom. The molecule has 1 rings (SSSR count). The molecule has 0 saturated heterocycles. The topological polar surface area (TPSA) is 9.23 Å². The van der Waals surface area contributed by atoms with Crippen LogP contribution >= 0.6 is 0 Å². The van der Waals surface area contributed by atoms with E-state index in [0.717, 1.165) is 25.0 Å². The van der Waals surface area contributed by atoms with Gasteiger partial charge in [0.25, 0.3) is 0 Å². The summed E-state index contributed by atoms with van der Waals surface area (Å²) >= 11 is 0. The maximum absolute atomic E-state index is 12.8. The van der Waals surface area contributed by atoms with Crippen LogP contribution in [0.5, 0.6) is 5.75 Å². The second-order valence-corrected chi connectivity index (χ2v) is 4.19. The van der Waals surface area contributed by atoms with E-state index in [1.54, 1.807) is 0 Å². The average molecular weight is 242 g/mol. The minimum atomic E-state index is -0.856. The zero-order valence-corrected chi connectivity index (χ0v) is 10.3. The van der Waals surface area contributed by atoms with Gasteiger partial charge in [-0.05, 0) is 18.6 Å². The van der Waals surface area contributed by atoms with Gasteiger partial charge in [0.15, 0.2) is 11.6 Å². The summed E-state index contributed by atoms with van der Waals surface area (Å²) in [5.74, 6) is -1.29. The van der Waals surface area contributed by atoms with Crippen LogP contribution in [0, 0.1) is 11.6 Å². The Morgan fingerprint density at radius 3 is 2.35 bits per heavy atom. The third-order valence-electron chi connectivity index (χ3n) is 2.66. The van der Waals surface area contributed by atoms with Crippen molar-refractivity contribution in [3.8, 4) is 5.75 Å². The number of rotatable bonds is 8. The van der Waals surface area contributed by atoms with Gasteiger partial charge in [0.1, 0.15) is 5.75 Å². The highest BCUT2D eigenvalue weighted by atomic mass is 19.2. The molecule has 0 aliphatic carbocycles. The van der Waals surface area contributed by atoms with E-state index in [0.29, 0.717) is 12.4 Å². The first kappa shape index (κ1) is 13.9. The highest BCUT2D eigenvalue weighted by molar-refractivity contribution is 5.23. The number of unbranched alkanes of at least 4 members (excludes halogenated alkanes) is 5. The fourth-order valence-corrected chi connectivity index (χ4v) is 1.64. The number of benzene rings is 1. The van der Waals surface area contributed by atoms with Crippen LogP contribution in [-0.2, 0) is 0 Å². The molecule has 0 unspecified atom stereocenters. The largest absolute Gasteiger partial charge is 0.493 e. The Balaban J connectivity index is 2.11. The molecule has 0 N–H and O–H groups in total. The molecule has 0 bridgehead atoms. The van der Waals surface area contributed by atoms with Crippen molar-refractivity contribution in [2.24, 2.45) is 0 Å². The van der Waals surface area contributed by atoms with Crippen LogP contribution in [0.1, 0.15) is 45.4 Å². The van der Waals surface area contributed by atoms with Crippen molar-refractivity contribution in [2.75, 3.05) is 6.61 Å². The summed E-state index contributed by atoms with van der Waals surface area (Å²) in [5, 5.41) is 0. The van der Waals surface area contributed by atoms with Crippen molar-refractivity contribution in [2.45, 2.75) is 45.4 Å². The molecule has 3 heteroatoms. The zero-order valence-electron chi connectivity index (χ0n) is 10.3. The third kappa shape index (κ3) is 5.66. The number of halogens is 2. The fraction of sp³-hybridized carbons (Fsp3) is 0.571. The van der Waals surface area contributed by atoms with Gasteiger partial charge < -0.3 is 4.74 Å². The molecular formula is C14H20F2O. The van der Waals surface area contributed by atoms with Gasteiger partial charge in [-0.3, -0.25) is 0 Å². The van der Waals surface area contributed by atoms with Crippen LogP contribution in [0.25, 0.3) is 0 Å². The maximum Gasteiger partial charge on any atom is 0.162 e. The summed E-state index contributed by atoms with van der Waals surface area (Å²) in [7, 11) is 0. The van der Waals surface area contributed by atoms with E-state index in [1.165, 1.54) is 31.7 Å². The Morgan fingerprint density at radius 2 is 1.65 bits per heavy atom. The van der Waals surface area contributed by atoms with E-state index in [2.05, 4.69) is 6.92 Å². The van der Waals surface area contributed by atoms with Crippen LogP contribution in [0.15, 0.2) is 18.2 Å². The lowest BCUT2D eigenvalue weighted by Crippen LogP contribution is -1.98. The highest BCUT2D eigenvalue weighted by Crippen LogP contribution is 2.16. The van der Waals surface area contributed by atoms with E-state index in [9.17, 15) is 8.78 Å². The second-order valence-electron chi connectivity index (χ2n) is 4.19. The molecule has 0 saturated carbocycles. The van der Waals surface area contributed by atoms with Crippen molar-refractivity contribution in [3.63, 3.8) is 0 Å². The molecule has 96 valence electrons. The molecule has 0 fully saturated rings. The van der Waals surface area contributed by atoms with Crippen molar-refractivity contribution < 1.29 is 13.5 Å². The molecule has 1 aromatic rings. The summed E-state index contributed by atoms with van der Waals surface area (Å²) in [6.07, 6.45) is 7.10. The zero-order chi connectivity index (χ0) is 12.5. The first-order valence-electron chi connectivity index (χ1n) is 6.32. The molecule has 0 radical (unpaired) electrons. The predicted octanol–water partition coefficient (Wildman–Crippen LogP) is 4.70. The van der Waals surface area contributed by atoms with Crippen molar-refractivity contribution >= 4 is 0 Å². The molecule has 0 aliphatic heterocycles. The van der Waals surface area contributed by atoms with Crippen molar-refractivity contribution in [3.05, 3.63) is 29.8 Å². The number of hydrogen-bond donors (Lipinski definition) is 0. The highest BCUT2D eigenvalue weighted by Gasteiger charge is 2.02. The predicted molar refractivity (Wildman–Crippen MR) is 65.2 cm³/mol. The second kappa shape index (κ2) is 8.04. The van der Waals surface area contributed by atoms with Gasteiger partial charge in [0.05, 0.1) is 6.61 Å². The molecule has 0 spiro atoms. The summed E-state index contributed by atoms with van der Waals surface area (Å²) in [6.45, 7) is 2.75. The molecule has 0 atom stereocenters. The molecule has 17 heavy (non-hydrogen) atoms. The van der Waals surface area contributed by atoms with Gasteiger partial charge in [-0.1, -0.05) is 39.0 Å². The standard InChI is InChI=1S/C14H20F2O/c1-2-3-4-5-6-7-10-17-12-8-9-13(15)14(16)11-12/h8-9,11H,2-7,10H2,1H3. The minimum absolute atomic E-state index is 0.400. The lowest BCUT2D eigenvalue weighted by Gasteiger charge is -2.06. The van der Waals surface area contributed by atoms with E-state index >= 15 is 0 Å². The molecule has 0 heterocycles. The molecule has 0 aromatic heterocycles. The van der Waals surface area contributed by atoms with E-state index in [4.69, 9.17) is 4.74 Å². The van der Waals surface area contributed by atoms with Gasteiger partial charge in [-0.15, -0.1) is 0 Å². The first-order valence-corrected chi connectivity index (χ1v) is 6.32. The van der Waals surface area contributed by atoms with Gasteiger partial charge in [0, 0.05) is 6.07 Å². The third-order valence-corrected chi connectivity index (χ3v) is 2.66. The van der Waals surface area contributed by atoms with Crippen LogP contribution in [0.4, 0.5) is 8.78 Å². The summed E-state index contributed by atoms with van der Waals surface area (Å²) in [5.41, 5.74) is 0. The van der Waals surface area contributed by atoms with Crippen molar-refractivity contribution in [1.82, 2.24) is 0 Å². The van der Waals surface area contributed by atoms with Crippen molar-refractivity contribution in [1.29, 1.82) is 0 Å². The molecular weight excluding hydrogens is 222 g/mol. The van der Waals surface area contributed by atoms with Crippen LogP contribution in [-0.4, -0.2) is 6.61 Å². The number of ether oxygens (including phenoxy) is 1. The van der Waals surface area contributed by atoms with Crippen LogP contribution in [0.3, 0.4) is 0 Å². The fourth-order valence-electron chi connectivity index (χ4n) is 1.64. The lowest BCUT2D eigenvalue weighted by atomic mass is 10.1. The quantitative estimate of drug-likeness (QED) is 0.600. The Labute approximate surface area is 102 Å². The first-order chi connectivity index (χ1) is 8.24. The van der Waals surface area contributed by atoms with E-state index < -0.39 is 11.6 Å². The average Bonchev–Trinajstić information content (AvgIpc) is 2.32. The molecule has 1 nitrogen and oxygen atoms in total. The monoisotopic (exact) mass is 242 g/mol. The van der Waals surface area contributed by atoms with Gasteiger partial charge in [-0.25, -0.2) is 8.78 Å². The van der Waals surface area contributed by atoms with Gasteiger partial charge >= 0.3 is 0 Å². The van der Waals surface area contributed by atoms with Crippen LogP contribution < -0.4 is 4.74 Å². The molecule has 0 aliphatic rings. The summed E-state index contributed by atoms with van der Waals surface area (Å²) < 4.78 is 30.8. The van der Waals surface area contributed by atoms with Gasteiger partial charge in [0.2, 0.25) is 0 Å². The summed E-state index contributed by atoms with van der Waals surface area (Å²) in [6, 6.07) is 3.63. The maximum atomic E-state index is 12.8. The Hall–Kier alpha value is -1.12. The minimum Gasteiger partial charge on any atom is -0.493 e. The normalized spacial score (nSPS) is 10.5. The lowest BCUT2D eigenvalue weighted by molar-refractivity contribution is 0.301. The van der Waals surface area contributed by atoms with Crippen LogP contribution in [0.2, 0.25) is 0 Å². The molecule has 0 amide bonds. The summed E-state index contributed by atoms with van der Waals surface area (Å²) in [4.78, 5) is 0. The Kier molecular flexibility index (Phi) is 6.60. The smallest absolute Gasteiger partial charge is 0.162 e. The Bertz CT molecular complexity index is 326. The molecule has 1 aromatic carbocycles. The van der Waals surface area contributed by atoms with E-state index in [-0.39, 0.29) is 0 Å². The number of hydrogen-bond acceptors (Lipinski definition) is 1. The van der Waals surface area contributed by atoms with E-state index in [1.807, 2.05) is 0 Å². The van der Waals surface area contributed by atoms with Gasteiger partial charge in [-0.2, -0.15) is 0 Å². The SMILES string of the molecule is CCCCCCCCOc1ccc(F)c(F)c1.